The van der Waals surface area contributed by atoms with E-state index in [1.165, 1.54) is 0 Å². The number of carbonyl (C=O) groups is 1. The molecule has 0 spiro atoms. The zero-order chi connectivity index (χ0) is 10.5. The van der Waals surface area contributed by atoms with Gasteiger partial charge in [0.25, 0.3) is 6.10 Å². The highest BCUT2D eigenvalue weighted by Crippen LogP contribution is 2.23. The van der Waals surface area contributed by atoms with Crippen molar-refractivity contribution >= 4 is 5.97 Å². The molecule has 0 saturated heterocycles. The first-order valence-electron chi connectivity index (χ1n) is 3.69. The maximum absolute atomic E-state index is 12.0. The van der Waals surface area contributed by atoms with Gasteiger partial charge in [-0.1, -0.05) is 6.92 Å². The van der Waals surface area contributed by atoms with E-state index in [9.17, 15) is 18.0 Å². The van der Waals surface area contributed by atoms with E-state index in [-0.39, 0.29) is 6.61 Å². The Labute approximate surface area is 73.8 Å². The van der Waals surface area contributed by atoms with Crippen molar-refractivity contribution in [1.29, 1.82) is 0 Å². The third-order valence-electron chi connectivity index (χ3n) is 1.20. The maximum atomic E-state index is 12.0. The molecule has 0 heterocycles. The predicted octanol–water partition coefficient (Wildman–Crippen LogP) is 1.52. The predicted molar refractivity (Wildman–Crippen MR) is 38.1 cm³/mol. The molecule has 0 saturated carbocycles. The molecule has 0 aromatic heterocycles. The number of esters is 1. The highest BCUT2D eigenvalue weighted by Gasteiger charge is 2.46. The van der Waals surface area contributed by atoms with E-state index in [1.807, 2.05) is 0 Å². The van der Waals surface area contributed by atoms with Crippen LogP contribution in [0.5, 0.6) is 0 Å². The van der Waals surface area contributed by atoms with Gasteiger partial charge in [-0.15, -0.1) is 0 Å². The van der Waals surface area contributed by atoms with Gasteiger partial charge >= 0.3 is 12.1 Å². The fourth-order valence-electron chi connectivity index (χ4n) is 0.642. The minimum Gasteiger partial charge on any atom is -0.464 e. The number of ether oxygens (including phenoxy) is 2. The van der Waals surface area contributed by atoms with E-state index in [1.54, 1.807) is 6.92 Å². The Morgan fingerprint density at radius 3 is 2.31 bits per heavy atom. The number of alkyl halides is 3. The summed E-state index contributed by atoms with van der Waals surface area (Å²) < 4.78 is 44.2. The van der Waals surface area contributed by atoms with Crippen LogP contribution in [0.4, 0.5) is 13.2 Å². The summed E-state index contributed by atoms with van der Waals surface area (Å²) in [5, 5.41) is 0. The quantitative estimate of drug-likeness (QED) is 0.645. The first kappa shape index (κ1) is 12.2. The van der Waals surface area contributed by atoms with E-state index < -0.39 is 18.2 Å². The lowest BCUT2D eigenvalue weighted by Gasteiger charge is -2.16. The van der Waals surface area contributed by atoms with Crippen LogP contribution in [0.25, 0.3) is 0 Å². The molecule has 0 aromatic carbocycles. The molecular weight excluding hydrogens is 189 g/mol. The van der Waals surface area contributed by atoms with Gasteiger partial charge in [-0.2, -0.15) is 13.2 Å². The Hall–Kier alpha value is -0.780. The van der Waals surface area contributed by atoms with Gasteiger partial charge in [0, 0.05) is 7.11 Å². The van der Waals surface area contributed by atoms with Crippen LogP contribution in [0.2, 0.25) is 0 Å². The fourth-order valence-corrected chi connectivity index (χ4v) is 0.642. The molecule has 0 fully saturated rings. The molecule has 13 heavy (non-hydrogen) atoms. The molecule has 0 aliphatic heterocycles. The van der Waals surface area contributed by atoms with Gasteiger partial charge < -0.3 is 9.47 Å². The zero-order valence-corrected chi connectivity index (χ0v) is 7.35. The van der Waals surface area contributed by atoms with Crippen molar-refractivity contribution in [1.82, 2.24) is 0 Å². The molecule has 0 radical (unpaired) electrons. The minimum absolute atomic E-state index is 0.0330. The monoisotopic (exact) mass is 200 g/mol. The molecule has 6 heteroatoms. The molecule has 3 nitrogen and oxygen atoms in total. The number of hydrogen-bond donors (Lipinski definition) is 0. The Balaban J connectivity index is 4.16. The molecule has 0 aromatic rings. The molecule has 78 valence electrons. The number of methoxy groups -OCH3 is 1. The molecule has 0 rings (SSSR count). The Morgan fingerprint density at radius 2 is 2.00 bits per heavy atom. The molecule has 0 N–H and O–H groups in total. The Bertz CT molecular complexity index is 167. The van der Waals surface area contributed by atoms with E-state index in [0.29, 0.717) is 6.42 Å². The van der Waals surface area contributed by atoms with Gasteiger partial charge in [-0.25, -0.2) is 4.79 Å². The normalized spacial score (nSPS) is 13.9. The lowest BCUT2D eigenvalue weighted by atomic mass is 10.3. The first-order valence-corrected chi connectivity index (χ1v) is 3.69. The standard InChI is InChI=1S/C7H11F3O3/c1-3-4-13-6(11)5(12-2)7(8,9)10/h5H,3-4H2,1-2H3. The third-order valence-corrected chi connectivity index (χ3v) is 1.20. The number of rotatable bonds is 4. The molecule has 0 bridgehead atoms. The fraction of sp³-hybridized carbons (Fsp3) is 0.857. The number of halogens is 3. The van der Waals surface area contributed by atoms with Gasteiger partial charge in [0.15, 0.2) is 0 Å². The summed E-state index contributed by atoms with van der Waals surface area (Å²) >= 11 is 0. The van der Waals surface area contributed by atoms with Crippen LogP contribution in [-0.4, -0.2) is 32.0 Å². The third kappa shape index (κ3) is 4.12. The van der Waals surface area contributed by atoms with Crippen molar-refractivity contribution in [2.24, 2.45) is 0 Å². The van der Waals surface area contributed by atoms with Gasteiger partial charge in [-0.3, -0.25) is 0 Å². The average Bonchev–Trinajstić information content (AvgIpc) is 1.99. The summed E-state index contributed by atoms with van der Waals surface area (Å²) in [5.41, 5.74) is 0. The van der Waals surface area contributed by atoms with Crippen molar-refractivity contribution in [3.8, 4) is 0 Å². The summed E-state index contributed by atoms with van der Waals surface area (Å²) in [7, 11) is 0.811. The average molecular weight is 200 g/mol. The molecule has 1 atom stereocenters. The summed E-state index contributed by atoms with van der Waals surface area (Å²) in [5.74, 6) is -1.39. The van der Waals surface area contributed by atoms with Gasteiger partial charge in [-0.05, 0) is 6.42 Å². The van der Waals surface area contributed by atoms with Gasteiger partial charge in [0.05, 0.1) is 6.61 Å². The van der Waals surface area contributed by atoms with Crippen molar-refractivity contribution in [2.75, 3.05) is 13.7 Å². The number of carbonyl (C=O) groups excluding carboxylic acids is 1. The topological polar surface area (TPSA) is 35.5 Å². The Kier molecular flexibility index (Phi) is 4.76. The summed E-state index contributed by atoms with van der Waals surface area (Å²) in [4.78, 5) is 10.7. The van der Waals surface area contributed by atoms with Crippen LogP contribution in [0, 0.1) is 0 Å². The second-order valence-corrected chi connectivity index (χ2v) is 2.32. The van der Waals surface area contributed by atoms with Gasteiger partial charge in [0.1, 0.15) is 0 Å². The van der Waals surface area contributed by atoms with Crippen molar-refractivity contribution in [3.05, 3.63) is 0 Å². The van der Waals surface area contributed by atoms with Crippen molar-refractivity contribution < 1.29 is 27.4 Å². The lowest BCUT2D eigenvalue weighted by Crippen LogP contribution is -2.39. The van der Waals surface area contributed by atoms with Crippen LogP contribution in [0.15, 0.2) is 0 Å². The Morgan fingerprint density at radius 1 is 1.46 bits per heavy atom. The van der Waals surface area contributed by atoms with E-state index in [0.717, 1.165) is 7.11 Å². The van der Waals surface area contributed by atoms with Crippen molar-refractivity contribution in [2.45, 2.75) is 25.6 Å². The molecule has 1 unspecified atom stereocenters. The largest absolute Gasteiger partial charge is 0.464 e. The lowest BCUT2D eigenvalue weighted by molar-refractivity contribution is -0.224. The van der Waals surface area contributed by atoms with Crippen LogP contribution >= 0.6 is 0 Å². The first-order chi connectivity index (χ1) is 5.93. The van der Waals surface area contributed by atoms with E-state index in [4.69, 9.17) is 0 Å². The number of hydrogen-bond acceptors (Lipinski definition) is 3. The van der Waals surface area contributed by atoms with E-state index >= 15 is 0 Å². The highest BCUT2D eigenvalue weighted by atomic mass is 19.4. The van der Waals surface area contributed by atoms with Gasteiger partial charge in [0.2, 0.25) is 0 Å². The second kappa shape index (κ2) is 5.06. The minimum atomic E-state index is -4.71. The smallest absolute Gasteiger partial charge is 0.425 e. The zero-order valence-electron chi connectivity index (χ0n) is 7.35. The second-order valence-electron chi connectivity index (χ2n) is 2.32. The summed E-state index contributed by atoms with van der Waals surface area (Å²) in [6.45, 7) is 1.65. The summed E-state index contributed by atoms with van der Waals surface area (Å²) in [6, 6.07) is 0. The molecule has 0 amide bonds. The van der Waals surface area contributed by atoms with E-state index in [2.05, 4.69) is 9.47 Å². The molecule has 0 aliphatic carbocycles. The van der Waals surface area contributed by atoms with Crippen molar-refractivity contribution in [3.63, 3.8) is 0 Å². The molecule has 0 aliphatic rings. The highest BCUT2D eigenvalue weighted by molar-refractivity contribution is 5.75. The van der Waals surface area contributed by atoms with Crippen LogP contribution in [-0.2, 0) is 14.3 Å². The van der Waals surface area contributed by atoms with Crippen LogP contribution in [0.3, 0.4) is 0 Å². The maximum Gasteiger partial charge on any atom is 0.425 e. The van der Waals surface area contributed by atoms with Crippen LogP contribution < -0.4 is 0 Å². The van der Waals surface area contributed by atoms with Crippen LogP contribution in [0.1, 0.15) is 13.3 Å². The SMILES string of the molecule is CCCOC(=O)C(OC)C(F)(F)F. The molecular formula is C7H11F3O3. The summed E-state index contributed by atoms with van der Waals surface area (Å²) in [6.07, 6.45) is -6.71.